The van der Waals surface area contributed by atoms with Crippen LogP contribution < -0.4 is 0 Å². The van der Waals surface area contributed by atoms with E-state index in [0.717, 1.165) is 11.8 Å². The van der Waals surface area contributed by atoms with Gasteiger partial charge in [0.15, 0.2) is 0 Å². The van der Waals surface area contributed by atoms with Crippen molar-refractivity contribution in [2.24, 2.45) is 17.3 Å². The molecular formula is C12H22O. The molecule has 0 N–H and O–H groups in total. The summed E-state index contributed by atoms with van der Waals surface area (Å²) in [6.45, 7) is 9.41. The van der Waals surface area contributed by atoms with Gasteiger partial charge < -0.3 is 4.74 Å². The summed E-state index contributed by atoms with van der Waals surface area (Å²) in [4.78, 5) is 0. The molecule has 2 aliphatic heterocycles. The zero-order valence-electron chi connectivity index (χ0n) is 9.34. The van der Waals surface area contributed by atoms with Crippen molar-refractivity contribution >= 4 is 0 Å². The first-order valence-electron chi connectivity index (χ1n) is 5.69. The minimum absolute atomic E-state index is 0.431. The second-order valence-corrected chi connectivity index (χ2v) is 5.75. The van der Waals surface area contributed by atoms with Crippen molar-refractivity contribution < 1.29 is 4.74 Å². The van der Waals surface area contributed by atoms with Gasteiger partial charge in [-0.15, -0.1) is 0 Å². The van der Waals surface area contributed by atoms with Crippen LogP contribution in [0.15, 0.2) is 0 Å². The Kier molecular flexibility index (Phi) is 2.18. The molecule has 2 fully saturated rings. The van der Waals surface area contributed by atoms with Crippen LogP contribution in [0.5, 0.6) is 0 Å². The van der Waals surface area contributed by atoms with Crippen molar-refractivity contribution in [1.29, 1.82) is 0 Å². The first-order chi connectivity index (χ1) is 6.04. The fourth-order valence-electron chi connectivity index (χ4n) is 3.49. The van der Waals surface area contributed by atoms with Crippen LogP contribution in [0.25, 0.3) is 0 Å². The number of fused-ring (bicyclic) bond motifs is 2. The van der Waals surface area contributed by atoms with Crippen LogP contribution in [-0.4, -0.2) is 12.2 Å². The molecule has 0 spiro atoms. The van der Waals surface area contributed by atoms with Crippen LogP contribution in [0.1, 0.15) is 47.0 Å². The molecule has 2 heterocycles. The Morgan fingerprint density at radius 3 is 2.23 bits per heavy atom. The van der Waals surface area contributed by atoms with E-state index in [-0.39, 0.29) is 0 Å². The standard InChI is InChI=1S/C12H22O/c1-5-8-9-6-7-10(13-9)11(8)12(2,3)4/h8-11H,5-7H2,1-4H3/t8-,9-,10+,11-/m0/s1. The summed E-state index contributed by atoms with van der Waals surface area (Å²) in [7, 11) is 0. The maximum atomic E-state index is 6.01. The Labute approximate surface area is 81.9 Å². The van der Waals surface area contributed by atoms with Crippen molar-refractivity contribution in [3.8, 4) is 0 Å². The molecule has 1 heteroatoms. The highest BCUT2D eigenvalue weighted by Crippen LogP contribution is 2.51. The molecule has 0 aromatic heterocycles. The lowest BCUT2D eigenvalue weighted by atomic mass is 9.66. The van der Waals surface area contributed by atoms with Crippen LogP contribution in [-0.2, 0) is 4.74 Å². The van der Waals surface area contributed by atoms with Gasteiger partial charge in [-0.2, -0.15) is 0 Å². The van der Waals surface area contributed by atoms with E-state index < -0.39 is 0 Å². The normalized spacial score (nSPS) is 44.3. The van der Waals surface area contributed by atoms with Gasteiger partial charge in [-0.25, -0.2) is 0 Å². The summed E-state index contributed by atoms with van der Waals surface area (Å²) in [5, 5.41) is 0. The van der Waals surface area contributed by atoms with Crippen molar-refractivity contribution in [1.82, 2.24) is 0 Å². The predicted octanol–water partition coefficient (Wildman–Crippen LogP) is 3.24. The van der Waals surface area contributed by atoms with E-state index in [4.69, 9.17) is 4.74 Å². The molecule has 0 aromatic carbocycles. The second-order valence-electron chi connectivity index (χ2n) is 5.75. The molecule has 2 rings (SSSR count). The van der Waals surface area contributed by atoms with E-state index in [9.17, 15) is 0 Å². The maximum absolute atomic E-state index is 6.01. The quantitative estimate of drug-likeness (QED) is 0.605. The van der Waals surface area contributed by atoms with Gasteiger partial charge in [0.1, 0.15) is 0 Å². The fraction of sp³-hybridized carbons (Fsp3) is 1.00. The summed E-state index contributed by atoms with van der Waals surface area (Å²) in [5.74, 6) is 1.63. The van der Waals surface area contributed by atoms with Gasteiger partial charge in [0.05, 0.1) is 12.2 Å². The van der Waals surface area contributed by atoms with Gasteiger partial charge in [0.2, 0.25) is 0 Å². The van der Waals surface area contributed by atoms with Crippen LogP contribution in [0.4, 0.5) is 0 Å². The number of ether oxygens (including phenoxy) is 1. The third-order valence-electron chi connectivity index (χ3n) is 3.90. The lowest BCUT2D eigenvalue weighted by Gasteiger charge is -2.37. The van der Waals surface area contributed by atoms with Gasteiger partial charge in [-0.3, -0.25) is 0 Å². The zero-order chi connectivity index (χ0) is 9.64. The predicted molar refractivity (Wildman–Crippen MR) is 54.6 cm³/mol. The van der Waals surface area contributed by atoms with Crippen molar-refractivity contribution in [2.75, 3.05) is 0 Å². The topological polar surface area (TPSA) is 9.23 Å². The minimum Gasteiger partial charge on any atom is -0.374 e. The molecule has 0 radical (unpaired) electrons. The lowest BCUT2D eigenvalue weighted by molar-refractivity contribution is 0.0685. The molecule has 1 nitrogen and oxygen atoms in total. The molecular weight excluding hydrogens is 160 g/mol. The fourth-order valence-corrected chi connectivity index (χ4v) is 3.49. The number of hydrogen-bond acceptors (Lipinski definition) is 1. The molecule has 2 bridgehead atoms. The molecule has 0 saturated carbocycles. The first kappa shape index (κ1) is 9.51. The van der Waals surface area contributed by atoms with Crippen molar-refractivity contribution in [2.45, 2.75) is 59.2 Å². The Balaban J connectivity index is 2.18. The van der Waals surface area contributed by atoms with Crippen molar-refractivity contribution in [3.05, 3.63) is 0 Å². The van der Waals surface area contributed by atoms with Crippen LogP contribution in [0.3, 0.4) is 0 Å². The molecule has 0 aliphatic carbocycles. The highest BCUT2D eigenvalue weighted by molar-refractivity contribution is 4.99. The highest BCUT2D eigenvalue weighted by atomic mass is 16.5. The average Bonchev–Trinajstić information content (AvgIpc) is 2.59. The molecule has 4 atom stereocenters. The Morgan fingerprint density at radius 2 is 1.77 bits per heavy atom. The van der Waals surface area contributed by atoms with Crippen LogP contribution in [0, 0.1) is 17.3 Å². The maximum Gasteiger partial charge on any atom is 0.0616 e. The summed E-state index contributed by atoms with van der Waals surface area (Å²) < 4.78 is 6.01. The van der Waals surface area contributed by atoms with E-state index >= 15 is 0 Å². The van der Waals surface area contributed by atoms with E-state index in [1.807, 2.05) is 0 Å². The smallest absolute Gasteiger partial charge is 0.0616 e. The second kappa shape index (κ2) is 2.98. The van der Waals surface area contributed by atoms with Crippen LogP contribution in [0.2, 0.25) is 0 Å². The Morgan fingerprint density at radius 1 is 1.15 bits per heavy atom. The average molecular weight is 182 g/mol. The molecule has 2 aliphatic rings. The molecule has 0 unspecified atom stereocenters. The van der Waals surface area contributed by atoms with Gasteiger partial charge in [0, 0.05) is 0 Å². The molecule has 13 heavy (non-hydrogen) atoms. The largest absolute Gasteiger partial charge is 0.374 e. The zero-order valence-corrected chi connectivity index (χ0v) is 9.34. The molecule has 2 saturated heterocycles. The van der Waals surface area contributed by atoms with E-state index in [2.05, 4.69) is 27.7 Å². The third kappa shape index (κ3) is 1.41. The molecule has 76 valence electrons. The first-order valence-corrected chi connectivity index (χ1v) is 5.69. The Bertz CT molecular complexity index is 192. The Hall–Kier alpha value is -0.0400. The monoisotopic (exact) mass is 182 g/mol. The lowest BCUT2D eigenvalue weighted by Crippen LogP contribution is -2.36. The summed E-state index contributed by atoms with van der Waals surface area (Å²) in [6, 6.07) is 0. The number of rotatable bonds is 1. The SMILES string of the molecule is CC[C@@H]1[C@H](C(C)(C)C)[C@H]2CC[C@@H]1O2. The summed E-state index contributed by atoms with van der Waals surface area (Å²) in [5.41, 5.74) is 0.431. The highest BCUT2D eigenvalue weighted by Gasteiger charge is 2.51. The summed E-state index contributed by atoms with van der Waals surface area (Å²) in [6.07, 6.45) is 5.09. The van der Waals surface area contributed by atoms with Gasteiger partial charge in [0.25, 0.3) is 0 Å². The van der Waals surface area contributed by atoms with E-state index in [1.54, 1.807) is 0 Å². The number of hydrogen-bond donors (Lipinski definition) is 0. The van der Waals surface area contributed by atoms with Gasteiger partial charge in [-0.1, -0.05) is 34.1 Å². The van der Waals surface area contributed by atoms with E-state index in [0.29, 0.717) is 17.6 Å². The van der Waals surface area contributed by atoms with Gasteiger partial charge in [-0.05, 0) is 30.1 Å². The van der Waals surface area contributed by atoms with Crippen LogP contribution >= 0.6 is 0 Å². The summed E-state index contributed by atoms with van der Waals surface area (Å²) >= 11 is 0. The van der Waals surface area contributed by atoms with Gasteiger partial charge >= 0.3 is 0 Å². The van der Waals surface area contributed by atoms with Crippen molar-refractivity contribution in [3.63, 3.8) is 0 Å². The molecule has 0 aromatic rings. The van der Waals surface area contributed by atoms with E-state index in [1.165, 1.54) is 19.3 Å². The third-order valence-corrected chi connectivity index (χ3v) is 3.90. The molecule has 0 amide bonds. The minimum atomic E-state index is 0.431.